The molecule has 112 valence electrons. The van der Waals surface area contributed by atoms with Crippen LogP contribution in [0.15, 0.2) is 42.5 Å². The predicted octanol–water partition coefficient (Wildman–Crippen LogP) is 4.81. The number of benzene rings is 2. The van der Waals surface area contributed by atoms with E-state index in [2.05, 4.69) is 4.98 Å². The van der Waals surface area contributed by atoms with Gasteiger partial charge < -0.3 is 4.98 Å². The summed E-state index contributed by atoms with van der Waals surface area (Å²) in [5.74, 6) is -0.565. The molecule has 3 rings (SSSR count). The van der Waals surface area contributed by atoms with Crippen molar-refractivity contribution < 1.29 is 22.4 Å². The Morgan fingerprint density at radius 1 is 1.05 bits per heavy atom. The number of aromatic nitrogens is 1. The van der Waals surface area contributed by atoms with Gasteiger partial charge in [0.05, 0.1) is 11.3 Å². The topological polar surface area (TPSA) is 32.9 Å². The zero-order chi connectivity index (χ0) is 15.9. The Labute approximate surface area is 122 Å². The van der Waals surface area contributed by atoms with Gasteiger partial charge in [0.25, 0.3) is 0 Å². The molecule has 1 aromatic heterocycles. The van der Waals surface area contributed by atoms with Gasteiger partial charge in [0.1, 0.15) is 5.82 Å². The van der Waals surface area contributed by atoms with Gasteiger partial charge in [-0.2, -0.15) is 13.2 Å². The van der Waals surface area contributed by atoms with Gasteiger partial charge in [0, 0.05) is 22.0 Å². The van der Waals surface area contributed by atoms with E-state index >= 15 is 0 Å². The SMILES string of the molecule is O=Cc1c(-c2ccccc2C(F)(F)F)[nH]c2ccc(F)cc12. The molecule has 0 aliphatic heterocycles. The lowest BCUT2D eigenvalue weighted by atomic mass is 10.0. The van der Waals surface area contributed by atoms with Gasteiger partial charge in [-0.1, -0.05) is 18.2 Å². The average Bonchev–Trinajstić information content (AvgIpc) is 2.84. The number of hydrogen-bond acceptors (Lipinski definition) is 1. The number of alkyl halides is 3. The van der Waals surface area contributed by atoms with Crippen LogP contribution in [0.2, 0.25) is 0 Å². The van der Waals surface area contributed by atoms with Crippen LogP contribution in [0.1, 0.15) is 15.9 Å². The maximum atomic E-state index is 13.3. The Morgan fingerprint density at radius 2 is 1.77 bits per heavy atom. The Kier molecular flexibility index (Phi) is 3.24. The Morgan fingerprint density at radius 3 is 2.45 bits per heavy atom. The third kappa shape index (κ3) is 2.26. The molecule has 0 fully saturated rings. The fraction of sp³-hybridized carbons (Fsp3) is 0.0625. The zero-order valence-electron chi connectivity index (χ0n) is 11.0. The third-order valence-electron chi connectivity index (χ3n) is 3.42. The smallest absolute Gasteiger partial charge is 0.354 e. The monoisotopic (exact) mass is 307 g/mol. The van der Waals surface area contributed by atoms with Gasteiger partial charge in [-0.25, -0.2) is 4.39 Å². The van der Waals surface area contributed by atoms with E-state index in [0.717, 1.165) is 12.1 Å². The van der Waals surface area contributed by atoms with E-state index in [-0.39, 0.29) is 22.2 Å². The number of fused-ring (bicyclic) bond motifs is 1. The molecule has 1 N–H and O–H groups in total. The molecule has 3 aromatic rings. The summed E-state index contributed by atoms with van der Waals surface area (Å²) in [5, 5.41) is 0.252. The predicted molar refractivity (Wildman–Crippen MR) is 74.1 cm³/mol. The second-order valence-electron chi connectivity index (χ2n) is 4.76. The number of aromatic amines is 1. The van der Waals surface area contributed by atoms with Crippen LogP contribution in [0.25, 0.3) is 22.2 Å². The van der Waals surface area contributed by atoms with Crippen LogP contribution < -0.4 is 0 Å². The van der Waals surface area contributed by atoms with E-state index in [1.807, 2.05) is 0 Å². The number of aldehydes is 1. The first-order chi connectivity index (χ1) is 10.4. The van der Waals surface area contributed by atoms with E-state index < -0.39 is 17.6 Å². The molecule has 0 bridgehead atoms. The molecule has 0 saturated carbocycles. The molecule has 0 spiro atoms. The van der Waals surface area contributed by atoms with E-state index in [0.29, 0.717) is 11.8 Å². The molecular weight excluding hydrogens is 298 g/mol. The molecular formula is C16H9F4NO. The maximum Gasteiger partial charge on any atom is 0.417 e. The van der Waals surface area contributed by atoms with Crippen molar-refractivity contribution in [1.82, 2.24) is 4.98 Å². The highest BCUT2D eigenvalue weighted by molar-refractivity contribution is 6.04. The number of nitrogens with one attached hydrogen (secondary N) is 1. The fourth-order valence-electron chi connectivity index (χ4n) is 2.47. The van der Waals surface area contributed by atoms with Crippen molar-refractivity contribution >= 4 is 17.2 Å². The summed E-state index contributed by atoms with van der Waals surface area (Å²) in [6.45, 7) is 0. The second-order valence-corrected chi connectivity index (χ2v) is 4.76. The minimum atomic E-state index is -4.56. The summed E-state index contributed by atoms with van der Waals surface area (Å²) < 4.78 is 52.7. The summed E-state index contributed by atoms with van der Waals surface area (Å²) in [5.41, 5.74) is -0.566. The van der Waals surface area contributed by atoms with E-state index in [1.54, 1.807) is 0 Å². The first-order valence-corrected chi connectivity index (χ1v) is 6.35. The highest BCUT2D eigenvalue weighted by Crippen LogP contribution is 2.39. The van der Waals surface area contributed by atoms with Gasteiger partial charge in [0.15, 0.2) is 6.29 Å². The van der Waals surface area contributed by atoms with Crippen LogP contribution in [-0.4, -0.2) is 11.3 Å². The Hall–Kier alpha value is -2.63. The van der Waals surface area contributed by atoms with E-state index in [4.69, 9.17) is 0 Å². The number of hydrogen-bond donors (Lipinski definition) is 1. The average molecular weight is 307 g/mol. The van der Waals surface area contributed by atoms with E-state index in [9.17, 15) is 22.4 Å². The van der Waals surface area contributed by atoms with Crippen LogP contribution in [0.4, 0.5) is 17.6 Å². The number of carbonyl (C=O) groups excluding carboxylic acids is 1. The number of rotatable bonds is 2. The lowest BCUT2D eigenvalue weighted by Crippen LogP contribution is -2.07. The van der Waals surface area contributed by atoms with Crippen molar-refractivity contribution in [3.05, 3.63) is 59.4 Å². The van der Waals surface area contributed by atoms with Crippen LogP contribution in [0, 0.1) is 5.82 Å². The molecule has 2 aromatic carbocycles. The van der Waals surface area contributed by atoms with Crippen LogP contribution in [0.5, 0.6) is 0 Å². The van der Waals surface area contributed by atoms with Gasteiger partial charge >= 0.3 is 6.18 Å². The minimum absolute atomic E-state index is 0.00574. The summed E-state index contributed by atoms with van der Waals surface area (Å²) >= 11 is 0. The Balaban J connectivity index is 2.34. The van der Waals surface area contributed by atoms with Crippen LogP contribution in [-0.2, 0) is 6.18 Å². The number of halogens is 4. The Bertz CT molecular complexity index is 864. The molecule has 2 nitrogen and oxygen atoms in total. The quantitative estimate of drug-likeness (QED) is 0.535. The molecule has 22 heavy (non-hydrogen) atoms. The van der Waals surface area contributed by atoms with Crippen molar-refractivity contribution in [3.8, 4) is 11.3 Å². The largest absolute Gasteiger partial charge is 0.417 e. The zero-order valence-corrected chi connectivity index (χ0v) is 11.0. The summed E-state index contributed by atoms with van der Waals surface area (Å²) in [6.07, 6.45) is -4.12. The molecule has 0 radical (unpaired) electrons. The summed E-state index contributed by atoms with van der Waals surface area (Å²) in [6, 6.07) is 8.62. The minimum Gasteiger partial charge on any atom is -0.354 e. The number of H-pyrrole nitrogens is 1. The molecule has 0 atom stereocenters. The molecule has 0 unspecified atom stereocenters. The van der Waals surface area contributed by atoms with Gasteiger partial charge in [0.2, 0.25) is 0 Å². The highest BCUT2D eigenvalue weighted by atomic mass is 19.4. The summed E-state index contributed by atoms with van der Waals surface area (Å²) in [7, 11) is 0. The third-order valence-corrected chi connectivity index (χ3v) is 3.42. The van der Waals surface area contributed by atoms with Crippen molar-refractivity contribution in [2.24, 2.45) is 0 Å². The molecule has 0 saturated heterocycles. The van der Waals surface area contributed by atoms with Crippen molar-refractivity contribution in [2.45, 2.75) is 6.18 Å². The first kappa shape index (κ1) is 14.3. The normalized spacial score (nSPS) is 11.8. The first-order valence-electron chi connectivity index (χ1n) is 6.35. The molecule has 0 aliphatic rings. The van der Waals surface area contributed by atoms with Gasteiger partial charge in [-0.15, -0.1) is 0 Å². The molecule has 0 aliphatic carbocycles. The lowest BCUT2D eigenvalue weighted by Gasteiger charge is -2.12. The van der Waals surface area contributed by atoms with Crippen molar-refractivity contribution in [2.75, 3.05) is 0 Å². The van der Waals surface area contributed by atoms with Crippen molar-refractivity contribution in [1.29, 1.82) is 0 Å². The molecule has 0 amide bonds. The maximum absolute atomic E-state index is 13.3. The molecule has 6 heteroatoms. The standard InChI is InChI=1S/C16H9F4NO/c17-9-5-6-14-11(7-9)12(8-22)15(21-14)10-3-1-2-4-13(10)16(18,19)20/h1-8,21H. The second kappa shape index (κ2) is 4.98. The van der Waals surface area contributed by atoms with Crippen LogP contribution >= 0.6 is 0 Å². The van der Waals surface area contributed by atoms with Gasteiger partial charge in [-0.3, -0.25) is 4.79 Å². The highest BCUT2D eigenvalue weighted by Gasteiger charge is 2.34. The molecule has 1 heterocycles. The summed E-state index contributed by atoms with van der Waals surface area (Å²) in [4.78, 5) is 14.1. The lowest BCUT2D eigenvalue weighted by molar-refractivity contribution is -0.137. The fourth-order valence-corrected chi connectivity index (χ4v) is 2.47. The van der Waals surface area contributed by atoms with Crippen LogP contribution in [0.3, 0.4) is 0 Å². The number of carbonyl (C=O) groups is 1. The van der Waals surface area contributed by atoms with Crippen molar-refractivity contribution in [3.63, 3.8) is 0 Å². The van der Waals surface area contributed by atoms with Gasteiger partial charge in [-0.05, 0) is 24.3 Å². The van der Waals surface area contributed by atoms with E-state index in [1.165, 1.54) is 30.3 Å².